The Morgan fingerprint density at radius 3 is 2.86 bits per heavy atom. The molecule has 6 heteroatoms. The lowest BCUT2D eigenvalue weighted by atomic mass is 10.2. The minimum absolute atomic E-state index is 0.261. The van der Waals surface area contributed by atoms with Crippen LogP contribution in [0.5, 0.6) is 0 Å². The second-order valence-corrected chi connectivity index (χ2v) is 4.52. The molecule has 2 rings (SSSR count). The summed E-state index contributed by atoms with van der Waals surface area (Å²) in [6.45, 7) is 2.02. The molecule has 0 radical (unpaired) electrons. The highest BCUT2D eigenvalue weighted by molar-refractivity contribution is 6.34. The van der Waals surface area contributed by atoms with Crippen LogP contribution in [0.15, 0.2) is 42.7 Å². The zero-order valence-electron chi connectivity index (χ0n) is 11.3. The van der Waals surface area contributed by atoms with Crippen LogP contribution < -0.4 is 5.32 Å². The molecular weight excluding hydrogens is 292 g/mol. The van der Waals surface area contributed by atoms with Gasteiger partial charge in [0.15, 0.2) is 0 Å². The number of hydrogen-bond acceptors (Lipinski definition) is 4. The second-order valence-electron chi connectivity index (χ2n) is 4.11. The topological polar surface area (TPSA) is 68.3 Å². The lowest BCUT2D eigenvalue weighted by Crippen LogP contribution is -2.13. The Kier molecular flexibility index (Phi) is 4.90. The van der Waals surface area contributed by atoms with E-state index in [0.29, 0.717) is 23.4 Å². The molecule has 0 unspecified atom stereocenters. The van der Waals surface area contributed by atoms with Gasteiger partial charge in [0.2, 0.25) is 0 Å². The summed E-state index contributed by atoms with van der Waals surface area (Å²) in [5.41, 5.74) is 1.17. The van der Waals surface area contributed by atoms with Crippen LogP contribution in [0.4, 0.5) is 5.69 Å². The molecule has 21 heavy (non-hydrogen) atoms. The molecule has 108 valence electrons. The van der Waals surface area contributed by atoms with Gasteiger partial charge in [-0.05, 0) is 31.2 Å². The van der Waals surface area contributed by atoms with Gasteiger partial charge in [-0.25, -0.2) is 4.79 Å². The van der Waals surface area contributed by atoms with Gasteiger partial charge in [-0.1, -0.05) is 17.7 Å². The molecule has 1 heterocycles. The molecule has 0 bridgehead atoms. The highest BCUT2D eigenvalue weighted by atomic mass is 35.5. The van der Waals surface area contributed by atoms with Crippen LogP contribution in [0.25, 0.3) is 0 Å². The van der Waals surface area contributed by atoms with Gasteiger partial charge in [0.05, 0.1) is 22.8 Å². The molecule has 1 N–H and O–H groups in total. The zero-order chi connectivity index (χ0) is 15.2. The van der Waals surface area contributed by atoms with Crippen molar-refractivity contribution in [3.8, 4) is 0 Å². The summed E-state index contributed by atoms with van der Waals surface area (Å²) in [5.74, 6) is -0.807. The molecule has 1 aromatic carbocycles. The molecule has 0 atom stereocenters. The van der Waals surface area contributed by atoms with Gasteiger partial charge in [0.25, 0.3) is 5.91 Å². The van der Waals surface area contributed by atoms with E-state index in [9.17, 15) is 9.59 Å². The highest BCUT2D eigenvalue weighted by Crippen LogP contribution is 2.17. The predicted molar refractivity (Wildman–Crippen MR) is 79.6 cm³/mol. The summed E-state index contributed by atoms with van der Waals surface area (Å²) < 4.78 is 4.91. The van der Waals surface area contributed by atoms with Crippen molar-refractivity contribution in [2.75, 3.05) is 11.9 Å². The first-order chi connectivity index (χ1) is 10.1. The van der Waals surface area contributed by atoms with Crippen molar-refractivity contribution in [1.29, 1.82) is 0 Å². The van der Waals surface area contributed by atoms with Crippen LogP contribution in [0, 0.1) is 0 Å². The first-order valence-corrected chi connectivity index (χ1v) is 6.67. The van der Waals surface area contributed by atoms with E-state index in [1.807, 2.05) is 0 Å². The molecule has 0 saturated carbocycles. The SMILES string of the molecule is CCOC(=O)c1cccc(NC(=O)c2ccncc2Cl)c1. The predicted octanol–water partition coefficient (Wildman–Crippen LogP) is 3.16. The maximum absolute atomic E-state index is 12.1. The van der Waals surface area contributed by atoms with E-state index in [1.165, 1.54) is 18.5 Å². The van der Waals surface area contributed by atoms with E-state index < -0.39 is 5.97 Å². The van der Waals surface area contributed by atoms with Gasteiger partial charge in [0.1, 0.15) is 0 Å². The van der Waals surface area contributed by atoms with Crippen LogP contribution in [0.1, 0.15) is 27.6 Å². The summed E-state index contributed by atoms with van der Waals surface area (Å²) >= 11 is 5.91. The first-order valence-electron chi connectivity index (χ1n) is 6.30. The van der Waals surface area contributed by atoms with Gasteiger partial charge < -0.3 is 10.1 Å². The van der Waals surface area contributed by atoms with E-state index in [0.717, 1.165) is 0 Å². The van der Waals surface area contributed by atoms with Gasteiger partial charge >= 0.3 is 5.97 Å². The van der Waals surface area contributed by atoms with E-state index in [4.69, 9.17) is 16.3 Å². The number of nitrogens with zero attached hydrogens (tertiary/aromatic N) is 1. The van der Waals surface area contributed by atoms with Gasteiger partial charge in [-0.2, -0.15) is 0 Å². The number of nitrogens with one attached hydrogen (secondary N) is 1. The Balaban J connectivity index is 2.17. The number of pyridine rings is 1. The zero-order valence-corrected chi connectivity index (χ0v) is 12.1. The monoisotopic (exact) mass is 304 g/mol. The Morgan fingerprint density at radius 1 is 1.33 bits per heavy atom. The molecule has 1 amide bonds. The maximum Gasteiger partial charge on any atom is 0.338 e. The van der Waals surface area contributed by atoms with Gasteiger partial charge in [-0.3, -0.25) is 9.78 Å². The fourth-order valence-corrected chi connectivity index (χ4v) is 1.90. The number of carbonyl (C=O) groups is 2. The minimum atomic E-state index is -0.435. The fourth-order valence-electron chi connectivity index (χ4n) is 1.70. The van der Waals surface area contributed by atoms with Crippen molar-refractivity contribution in [2.24, 2.45) is 0 Å². The Bertz CT molecular complexity index is 673. The van der Waals surface area contributed by atoms with Crippen molar-refractivity contribution < 1.29 is 14.3 Å². The number of aromatic nitrogens is 1. The average Bonchev–Trinajstić information content (AvgIpc) is 2.48. The number of amides is 1. The third-order valence-corrected chi connectivity index (χ3v) is 2.95. The molecular formula is C15H13ClN2O3. The van der Waals surface area contributed by atoms with Gasteiger partial charge in [-0.15, -0.1) is 0 Å². The smallest absolute Gasteiger partial charge is 0.338 e. The number of rotatable bonds is 4. The summed E-state index contributed by atoms with van der Waals surface area (Å²) in [6.07, 6.45) is 2.88. The van der Waals surface area contributed by atoms with Crippen LogP contribution in [-0.2, 0) is 4.74 Å². The Labute approximate surface area is 126 Å². The first kappa shape index (κ1) is 15.0. The van der Waals surface area contributed by atoms with Crippen molar-refractivity contribution in [3.63, 3.8) is 0 Å². The number of hydrogen-bond donors (Lipinski definition) is 1. The van der Waals surface area contributed by atoms with Crippen molar-refractivity contribution >= 4 is 29.2 Å². The van der Waals surface area contributed by atoms with Crippen molar-refractivity contribution in [2.45, 2.75) is 6.92 Å². The third-order valence-electron chi connectivity index (χ3n) is 2.65. The van der Waals surface area contributed by atoms with E-state index in [2.05, 4.69) is 10.3 Å². The molecule has 0 saturated heterocycles. The average molecular weight is 305 g/mol. The van der Waals surface area contributed by atoms with Gasteiger partial charge in [0, 0.05) is 18.1 Å². The number of carbonyl (C=O) groups excluding carboxylic acids is 2. The number of esters is 1. The lowest BCUT2D eigenvalue weighted by Gasteiger charge is -2.08. The van der Waals surface area contributed by atoms with Crippen molar-refractivity contribution in [3.05, 3.63) is 58.9 Å². The maximum atomic E-state index is 12.1. The fraction of sp³-hybridized carbons (Fsp3) is 0.133. The number of ether oxygens (including phenoxy) is 1. The van der Waals surface area contributed by atoms with E-state index in [-0.39, 0.29) is 10.9 Å². The van der Waals surface area contributed by atoms with Crippen LogP contribution in [0.3, 0.4) is 0 Å². The number of halogens is 1. The molecule has 0 aliphatic carbocycles. The Morgan fingerprint density at radius 2 is 2.14 bits per heavy atom. The lowest BCUT2D eigenvalue weighted by molar-refractivity contribution is 0.0526. The van der Waals surface area contributed by atoms with Crippen LogP contribution in [-0.4, -0.2) is 23.5 Å². The highest BCUT2D eigenvalue weighted by Gasteiger charge is 2.12. The van der Waals surface area contributed by atoms with Crippen molar-refractivity contribution in [1.82, 2.24) is 4.98 Å². The summed E-state index contributed by atoms with van der Waals surface area (Å²) in [5, 5.41) is 2.94. The summed E-state index contributed by atoms with van der Waals surface area (Å²) in [6, 6.07) is 8.02. The van der Waals surface area contributed by atoms with Crippen LogP contribution in [0.2, 0.25) is 5.02 Å². The van der Waals surface area contributed by atoms with E-state index >= 15 is 0 Å². The third kappa shape index (κ3) is 3.79. The standard InChI is InChI=1S/C15H13ClN2O3/c1-2-21-15(20)10-4-3-5-11(8-10)18-14(19)12-6-7-17-9-13(12)16/h3-9H,2H2,1H3,(H,18,19). The Hall–Kier alpha value is -2.40. The number of anilines is 1. The molecule has 5 nitrogen and oxygen atoms in total. The molecule has 0 fully saturated rings. The summed E-state index contributed by atoms with van der Waals surface area (Å²) in [4.78, 5) is 27.6. The molecule has 0 aliphatic rings. The molecule has 0 aliphatic heterocycles. The minimum Gasteiger partial charge on any atom is -0.462 e. The van der Waals surface area contributed by atoms with E-state index in [1.54, 1.807) is 31.2 Å². The normalized spacial score (nSPS) is 10.0. The second kappa shape index (κ2) is 6.85. The quantitative estimate of drug-likeness (QED) is 0.881. The van der Waals surface area contributed by atoms with Crippen LogP contribution >= 0.6 is 11.6 Å². The molecule has 0 spiro atoms. The molecule has 1 aromatic heterocycles. The number of benzene rings is 1. The largest absolute Gasteiger partial charge is 0.462 e. The molecule has 2 aromatic rings. The summed E-state index contributed by atoms with van der Waals surface area (Å²) in [7, 11) is 0.